The molecular formula is C22H27N3O. The van der Waals surface area contributed by atoms with Gasteiger partial charge >= 0.3 is 0 Å². The van der Waals surface area contributed by atoms with Crippen LogP contribution in [0.15, 0.2) is 48.5 Å². The van der Waals surface area contributed by atoms with Gasteiger partial charge in [-0.25, -0.2) is 0 Å². The summed E-state index contributed by atoms with van der Waals surface area (Å²) in [5.74, 6) is 0.465. The van der Waals surface area contributed by atoms with Gasteiger partial charge in [0.2, 0.25) is 0 Å². The van der Waals surface area contributed by atoms with E-state index in [0.717, 1.165) is 43.7 Å². The summed E-state index contributed by atoms with van der Waals surface area (Å²) in [5, 5.41) is 22.0. The standard InChI is InChI=1S/C22H27N3O/c1-17(20-7-4-5-19(13-20)14-23)24-22-8-3-2-6-21(22)15-25-11-9-18(16-26)10-12-25/h2-8,13,17-18,24,26H,9-12,15-16H2,1H3. The Labute approximate surface area is 156 Å². The second-order valence-corrected chi connectivity index (χ2v) is 7.16. The van der Waals surface area contributed by atoms with Gasteiger partial charge in [0, 0.05) is 24.9 Å². The molecule has 4 nitrogen and oxygen atoms in total. The van der Waals surface area contributed by atoms with Crippen LogP contribution < -0.4 is 5.32 Å². The molecule has 0 bridgehead atoms. The van der Waals surface area contributed by atoms with Gasteiger partial charge in [-0.3, -0.25) is 4.90 Å². The van der Waals surface area contributed by atoms with Crippen LogP contribution in [-0.2, 0) is 6.54 Å². The van der Waals surface area contributed by atoms with E-state index < -0.39 is 0 Å². The number of anilines is 1. The van der Waals surface area contributed by atoms with E-state index in [1.807, 2.05) is 18.2 Å². The third kappa shape index (κ3) is 4.63. The summed E-state index contributed by atoms with van der Waals surface area (Å²) in [7, 11) is 0. The lowest BCUT2D eigenvalue weighted by Gasteiger charge is -2.31. The number of hydrogen-bond donors (Lipinski definition) is 2. The SMILES string of the molecule is CC(Nc1ccccc1CN1CCC(CO)CC1)c1cccc(C#N)c1. The molecule has 2 aromatic rings. The highest BCUT2D eigenvalue weighted by Crippen LogP contribution is 2.26. The molecule has 0 saturated carbocycles. The Morgan fingerprint density at radius 3 is 2.69 bits per heavy atom. The molecule has 1 aliphatic heterocycles. The molecule has 1 aliphatic rings. The van der Waals surface area contributed by atoms with Gasteiger partial charge in [0.1, 0.15) is 0 Å². The van der Waals surface area contributed by atoms with Crippen molar-refractivity contribution < 1.29 is 5.11 Å². The van der Waals surface area contributed by atoms with Crippen molar-refractivity contribution in [2.75, 3.05) is 25.0 Å². The molecule has 0 amide bonds. The van der Waals surface area contributed by atoms with Gasteiger partial charge in [0.05, 0.1) is 11.6 Å². The van der Waals surface area contributed by atoms with Crippen molar-refractivity contribution in [2.45, 2.75) is 32.4 Å². The van der Waals surface area contributed by atoms with E-state index >= 15 is 0 Å². The largest absolute Gasteiger partial charge is 0.396 e. The van der Waals surface area contributed by atoms with E-state index in [9.17, 15) is 5.11 Å². The van der Waals surface area contributed by atoms with Gasteiger partial charge in [0.15, 0.2) is 0 Å². The Morgan fingerprint density at radius 2 is 1.96 bits per heavy atom. The first-order chi connectivity index (χ1) is 12.7. The summed E-state index contributed by atoms with van der Waals surface area (Å²) in [6.45, 7) is 5.44. The van der Waals surface area contributed by atoms with E-state index in [1.54, 1.807) is 0 Å². The number of nitrogens with one attached hydrogen (secondary N) is 1. The Morgan fingerprint density at radius 1 is 1.19 bits per heavy atom. The normalized spacial score (nSPS) is 16.8. The lowest BCUT2D eigenvalue weighted by molar-refractivity contribution is 0.127. The number of aliphatic hydroxyl groups is 1. The molecule has 1 saturated heterocycles. The molecular weight excluding hydrogens is 322 g/mol. The Balaban J connectivity index is 1.68. The Bertz CT molecular complexity index is 760. The molecule has 4 heteroatoms. The van der Waals surface area contributed by atoms with Gasteiger partial charge in [0.25, 0.3) is 0 Å². The van der Waals surface area contributed by atoms with Crippen LogP contribution in [0, 0.1) is 17.2 Å². The zero-order chi connectivity index (χ0) is 18.4. The number of rotatable bonds is 6. The van der Waals surface area contributed by atoms with Crippen LogP contribution >= 0.6 is 0 Å². The first kappa shape index (κ1) is 18.4. The number of piperidine rings is 1. The molecule has 0 radical (unpaired) electrons. The van der Waals surface area contributed by atoms with E-state index in [2.05, 4.69) is 53.5 Å². The molecule has 1 fully saturated rings. The molecule has 136 valence electrons. The minimum Gasteiger partial charge on any atom is -0.396 e. The summed E-state index contributed by atoms with van der Waals surface area (Å²) in [5.41, 5.74) is 4.24. The molecule has 0 spiro atoms. The topological polar surface area (TPSA) is 59.3 Å². The van der Waals surface area contributed by atoms with Crippen molar-refractivity contribution in [1.29, 1.82) is 5.26 Å². The molecule has 1 atom stereocenters. The van der Waals surface area contributed by atoms with Crippen molar-refractivity contribution in [3.63, 3.8) is 0 Å². The van der Waals surface area contributed by atoms with Crippen LogP contribution in [0.3, 0.4) is 0 Å². The Kier molecular flexibility index (Phi) is 6.27. The molecule has 1 heterocycles. The number of likely N-dealkylation sites (tertiary alicyclic amines) is 1. The summed E-state index contributed by atoms with van der Waals surface area (Å²) in [4.78, 5) is 2.47. The molecule has 0 aromatic heterocycles. The third-order valence-electron chi connectivity index (χ3n) is 5.26. The number of nitrogens with zero attached hydrogens (tertiary/aromatic N) is 2. The number of para-hydroxylation sites is 1. The first-order valence-corrected chi connectivity index (χ1v) is 9.37. The maximum absolute atomic E-state index is 9.31. The van der Waals surface area contributed by atoms with Crippen LogP contribution in [-0.4, -0.2) is 29.7 Å². The predicted molar refractivity (Wildman–Crippen MR) is 105 cm³/mol. The van der Waals surface area contributed by atoms with Crippen LogP contribution in [0.5, 0.6) is 0 Å². The summed E-state index contributed by atoms with van der Waals surface area (Å²) in [6.07, 6.45) is 2.15. The van der Waals surface area contributed by atoms with E-state index in [0.29, 0.717) is 18.1 Å². The summed E-state index contributed by atoms with van der Waals surface area (Å²) in [6, 6.07) is 18.6. The number of benzene rings is 2. The maximum atomic E-state index is 9.31. The fraction of sp³-hybridized carbons (Fsp3) is 0.409. The highest BCUT2D eigenvalue weighted by molar-refractivity contribution is 5.53. The van der Waals surface area contributed by atoms with Crippen LogP contribution in [0.1, 0.15) is 42.5 Å². The highest BCUT2D eigenvalue weighted by Gasteiger charge is 2.19. The Hall–Kier alpha value is -2.35. The number of aliphatic hydroxyl groups excluding tert-OH is 1. The maximum Gasteiger partial charge on any atom is 0.0991 e. The molecule has 3 rings (SSSR count). The molecule has 26 heavy (non-hydrogen) atoms. The van der Waals surface area contributed by atoms with Crippen LogP contribution in [0.2, 0.25) is 0 Å². The van der Waals surface area contributed by atoms with E-state index in [-0.39, 0.29) is 6.04 Å². The molecule has 1 unspecified atom stereocenters. The molecule has 2 aromatic carbocycles. The second-order valence-electron chi connectivity index (χ2n) is 7.16. The lowest BCUT2D eigenvalue weighted by Crippen LogP contribution is -2.34. The fourth-order valence-corrected chi connectivity index (χ4v) is 3.56. The minimum absolute atomic E-state index is 0.129. The van der Waals surface area contributed by atoms with Crippen LogP contribution in [0.4, 0.5) is 5.69 Å². The van der Waals surface area contributed by atoms with Crippen molar-refractivity contribution in [3.05, 3.63) is 65.2 Å². The van der Waals surface area contributed by atoms with Gasteiger partial charge in [-0.05, 0) is 68.1 Å². The first-order valence-electron chi connectivity index (χ1n) is 9.37. The van der Waals surface area contributed by atoms with Crippen molar-refractivity contribution in [2.24, 2.45) is 5.92 Å². The zero-order valence-corrected chi connectivity index (χ0v) is 15.4. The molecule has 2 N–H and O–H groups in total. The molecule has 0 aliphatic carbocycles. The van der Waals surface area contributed by atoms with Gasteiger partial charge in [-0.1, -0.05) is 30.3 Å². The average Bonchev–Trinajstić information content (AvgIpc) is 2.70. The lowest BCUT2D eigenvalue weighted by atomic mass is 9.97. The zero-order valence-electron chi connectivity index (χ0n) is 15.4. The minimum atomic E-state index is 0.129. The number of nitriles is 1. The summed E-state index contributed by atoms with van der Waals surface area (Å²) >= 11 is 0. The monoisotopic (exact) mass is 349 g/mol. The van der Waals surface area contributed by atoms with Crippen molar-refractivity contribution >= 4 is 5.69 Å². The van der Waals surface area contributed by atoms with E-state index in [4.69, 9.17) is 5.26 Å². The summed E-state index contributed by atoms with van der Waals surface area (Å²) < 4.78 is 0. The van der Waals surface area contributed by atoms with Gasteiger partial charge < -0.3 is 10.4 Å². The quantitative estimate of drug-likeness (QED) is 0.829. The second kappa shape index (κ2) is 8.84. The predicted octanol–water partition coefficient (Wildman–Crippen LogP) is 3.94. The fourth-order valence-electron chi connectivity index (χ4n) is 3.56. The average molecular weight is 349 g/mol. The van der Waals surface area contributed by atoms with Gasteiger partial charge in [-0.15, -0.1) is 0 Å². The highest BCUT2D eigenvalue weighted by atomic mass is 16.3. The van der Waals surface area contributed by atoms with Gasteiger partial charge in [-0.2, -0.15) is 5.26 Å². The van der Waals surface area contributed by atoms with Crippen molar-refractivity contribution in [1.82, 2.24) is 4.90 Å². The van der Waals surface area contributed by atoms with Crippen molar-refractivity contribution in [3.8, 4) is 6.07 Å². The van der Waals surface area contributed by atoms with Crippen LogP contribution in [0.25, 0.3) is 0 Å². The smallest absolute Gasteiger partial charge is 0.0991 e. The number of hydrogen-bond acceptors (Lipinski definition) is 4. The van der Waals surface area contributed by atoms with E-state index in [1.165, 1.54) is 5.56 Å². The third-order valence-corrected chi connectivity index (χ3v) is 5.26.